The maximum absolute atomic E-state index is 9.30. The second-order valence-electron chi connectivity index (χ2n) is 4.29. The van der Waals surface area contributed by atoms with Crippen LogP contribution in [0.4, 0.5) is 0 Å². The van der Waals surface area contributed by atoms with Crippen LogP contribution >= 0.6 is 11.8 Å². The summed E-state index contributed by atoms with van der Waals surface area (Å²) in [5, 5.41) is 9.30. The van der Waals surface area contributed by atoms with Crippen molar-refractivity contribution in [1.29, 1.82) is 5.26 Å². The van der Waals surface area contributed by atoms with Crippen LogP contribution in [0.2, 0.25) is 0 Å². The summed E-state index contributed by atoms with van der Waals surface area (Å²) in [4.78, 5) is 0. The Morgan fingerprint density at radius 2 is 1.92 bits per heavy atom. The van der Waals surface area contributed by atoms with Gasteiger partial charge in [-0.05, 0) is 37.4 Å². The third-order valence-corrected chi connectivity index (χ3v) is 5.14. The SMILES string of the molecule is N#CC1(C2CCCCC2)CCCS1. The van der Waals surface area contributed by atoms with E-state index in [-0.39, 0.29) is 4.75 Å². The summed E-state index contributed by atoms with van der Waals surface area (Å²) in [7, 11) is 0. The van der Waals surface area contributed by atoms with Gasteiger partial charge in [-0.1, -0.05) is 19.3 Å². The van der Waals surface area contributed by atoms with Crippen molar-refractivity contribution in [2.75, 3.05) is 5.75 Å². The number of hydrogen-bond donors (Lipinski definition) is 0. The lowest BCUT2D eigenvalue weighted by atomic mass is 9.78. The molecule has 1 atom stereocenters. The molecule has 0 bridgehead atoms. The highest BCUT2D eigenvalue weighted by molar-refractivity contribution is 8.01. The van der Waals surface area contributed by atoms with Crippen molar-refractivity contribution < 1.29 is 0 Å². The first kappa shape index (κ1) is 9.40. The maximum atomic E-state index is 9.30. The Morgan fingerprint density at radius 3 is 2.46 bits per heavy atom. The minimum absolute atomic E-state index is 0.0282. The minimum atomic E-state index is 0.0282. The molecule has 1 nitrogen and oxygen atoms in total. The fourth-order valence-electron chi connectivity index (χ4n) is 2.73. The Balaban J connectivity index is 2.06. The molecule has 2 aliphatic rings. The standard InChI is InChI=1S/C11H17NS/c12-9-11(7-4-8-13-11)10-5-2-1-3-6-10/h10H,1-8H2. The molecule has 0 spiro atoms. The second-order valence-corrected chi connectivity index (χ2v) is 5.71. The molecule has 2 fully saturated rings. The zero-order valence-corrected chi connectivity index (χ0v) is 8.91. The van der Waals surface area contributed by atoms with Gasteiger partial charge in [0.05, 0.1) is 6.07 Å². The third kappa shape index (κ3) is 1.72. The van der Waals surface area contributed by atoms with E-state index in [0.29, 0.717) is 5.92 Å². The smallest absolute Gasteiger partial charge is 0.105 e. The minimum Gasteiger partial charge on any atom is -0.197 e. The molecule has 0 aromatic heterocycles. The number of thioether (sulfide) groups is 1. The van der Waals surface area contributed by atoms with Crippen LogP contribution in [0.1, 0.15) is 44.9 Å². The van der Waals surface area contributed by atoms with Crippen molar-refractivity contribution in [3.63, 3.8) is 0 Å². The van der Waals surface area contributed by atoms with Crippen LogP contribution in [0, 0.1) is 17.2 Å². The Bertz CT molecular complexity index is 207. The van der Waals surface area contributed by atoms with Gasteiger partial charge >= 0.3 is 0 Å². The lowest BCUT2D eigenvalue weighted by Crippen LogP contribution is -2.31. The molecule has 1 aliphatic carbocycles. The van der Waals surface area contributed by atoms with Gasteiger partial charge in [-0.3, -0.25) is 0 Å². The van der Waals surface area contributed by atoms with Crippen molar-refractivity contribution in [1.82, 2.24) is 0 Å². The van der Waals surface area contributed by atoms with Crippen LogP contribution < -0.4 is 0 Å². The van der Waals surface area contributed by atoms with Crippen molar-refractivity contribution in [3.8, 4) is 6.07 Å². The summed E-state index contributed by atoms with van der Waals surface area (Å²) in [5.41, 5.74) is 0. The van der Waals surface area contributed by atoms with E-state index in [1.165, 1.54) is 44.3 Å². The number of nitrogens with zero attached hydrogens (tertiary/aromatic N) is 1. The van der Waals surface area contributed by atoms with Gasteiger partial charge in [0, 0.05) is 0 Å². The van der Waals surface area contributed by atoms with E-state index in [2.05, 4.69) is 6.07 Å². The highest BCUT2D eigenvalue weighted by Gasteiger charge is 2.42. The van der Waals surface area contributed by atoms with Crippen LogP contribution in [-0.2, 0) is 0 Å². The molecule has 0 amide bonds. The highest BCUT2D eigenvalue weighted by Crippen LogP contribution is 2.48. The van der Waals surface area contributed by atoms with Crippen LogP contribution in [0.3, 0.4) is 0 Å². The maximum Gasteiger partial charge on any atom is 0.105 e. The molecule has 1 unspecified atom stereocenters. The summed E-state index contributed by atoms with van der Waals surface area (Å²) in [6.45, 7) is 0. The van der Waals surface area contributed by atoms with Gasteiger partial charge in [0.25, 0.3) is 0 Å². The first-order chi connectivity index (χ1) is 6.37. The molecule has 2 rings (SSSR count). The van der Waals surface area contributed by atoms with E-state index >= 15 is 0 Å². The quantitative estimate of drug-likeness (QED) is 0.640. The normalized spacial score (nSPS) is 35.9. The van der Waals surface area contributed by atoms with Gasteiger partial charge in [0.2, 0.25) is 0 Å². The second kappa shape index (κ2) is 3.92. The zero-order chi connectivity index (χ0) is 9.15. The van der Waals surface area contributed by atoms with E-state index in [1.54, 1.807) is 0 Å². The molecule has 13 heavy (non-hydrogen) atoms. The Kier molecular flexibility index (Phi) is 2.83. The molecule has 72 valence electrons. The third-order valence-electron chi connectivity index (χ3n) is 3.51. The van der Waals surface area contributed by atoms with E-state index < -0.39 is 0 Å². The summed E-state index contributed by atoms with van der Waals surface area (Å²) < 4.78 is 0.0282. The molecule has 0 N–H and O–H groups in total. The predicted molar refractivity (Wildman–Crippen MR) is 56.6 cm³/mol. The van der Waals surface area contributed by atoms with Crippen molar-refractivity contribution in [2.45, 2.75) is 49.7 Å². The lowest BCUT2D eigenvalue weighted by Gasteiger charge is -2.33. The van der Waals surface area contributed by atoms with Gasteiger partial charge < -0.3 is 0 Å². The largest absolute Gasteiger partial charge is 0.197 e. The fourth-order valence-corrected chi connectivity index (χ4v) is 4.21. The molecule has 0 aromatic carbocycles. The Labute approximate surface area is 84.9 Å². The van der Waals surface area contributed by atoms with Gasteiger partial charge in [-0.15, -0.1) is 11.8 Å². The zero-order valence-electron chi connectivity index (χ0n) is 8.09. The van der Waals surface area contributed by atoms with Crippen molar-refractivity contribution in [2.24, 2.45) is 5.92 Å². The van der Waals surface area contributed by atoms with Crippen molar-refractivity contribution >= 4 is 11.8 Å². The Morgan fingerprint density at radius 1 is 1.15 bits per heavy atom. The van der Waals surface area contributed by atoms with Crippen LogP contribution in [0.15, 0.2) is 0 Å². The molecular formula is C11H17NS. The van der Waals surface area contributed by atoms with E-state index in [1.807, 2.05) is 11.8 Å². The van der Waals surface area contributed by atoms with Gasteiger partial charge in [-0.2, -0.15) is 5.26 Å². The molecular weight excluding hydrogens is 178 g/mol. The van der Waals surface area contributed by atoms with Crippen LogP contribution in [-0.4, -0.2) is 10.5 Å². The summed E-state index contributed by atoms with van der Waals surface area (Å²) in [5.74, 6) is 1.92. The molecule has 1 heterocycles. The predicted octanol–water partition coefficient (Wildman–Crippen LogP) is 3.36. The fraction of sp³-hybridized carbons (Fsp3) is 0.909. The van der Waals surface area contributed by atoms with Crippen molar-refractivity contribution in [3.05, 3.63) is 0 Å². The van der Waals surface area contributed by atoms with Gasteiger partial charge in [0.1, 0.15) is 4.75 Å². The topological polar surface area (TPSA) is 23.8 Å². The van der Waals surface area contributed by atoms with E-state index in [4.69, 9.17) is 0 Å². The van der Waals surface area contributed by atoms with Gasteiger partial charge in [0.15, 0.2) is 0 Å². The van der Waals surface area contributed by atoms with E-state index in [9.17, 15) is 5.26 Å². The molecule has 1 saturated heterocycles. The average Bonchev–Trinajstić information content (AvgIpc) is 2.69. The summed E-state index contributed by atoms with van der Waals surface area (Å²) in [6, 6.07) is 2.61. The van der Waals surface area contributed by atoms with Gasteiger partial charge in [-0.25, -0.2) is 0 Å². The monoisotopic (exact) mass is 195 g/mol. The molecule has 2 heteroatoms. The summed E-state index contributed by atoms with van der Waals surface area (Å²) >= 11 is 1.94. The lowest BCUT2D eigenvalue weighted by molar-refractivity contribution is 0.309. The van der Waals surface area contributed by atoms with E-state index in [0.717, 1.165) is 6.42 Å². The number of rotatable bonds is 1. The molecule has 1 saturated carbocycles. The molecule has 1 aliphatic heterocycles. The molecule has 0 radical (unpaired) electrons. The molecule has 0 aromatic rings. The summed E-state index contributed by atoms with van der Waals surface area (Å²) in [6.07, 6.45) is 9.13. The first-order valence-electron chi connectivity index (χ1n) is 5.43. The van der Waals surface area contributed by atoms with Crippen LogP contribution in [0.5, 0.6) is 0 Å². The first-order valence-corrected chi connectivity index (χ1v) is 6.41. The van der Waals surface area contributed by atoms with Crippen LogP contribution in [0.25, 0.3) is 0 Å². The number of nitriles is 1. The number of hydrogen-bond acceptors (Lipinski definition) is 2. The Hall–Kier alpha value is -0.160. The average molecular weight is 195 g/mol. The highest BCUT2D eigenvalue weighted by atomic mass is 32.2.